The Balaban J connectivity index is 1.94. The minimum Gasteiger partial charge on any atom is -0.443 e. The summed E-state index contributed by atoms with van der Waals surface area (Å²) in [7, 11) is -1.81. The zero-order valence-corrected chi connectivity index (χ0v) is 19.5. The summed E-state index contributed by atoms with van der Waals surface area (Å²) in [6.45, 7) is 12.6. The average Bonchev–Trinajstić information content (AvgIpc) is 3.04. The summed E-state index contributed by atoms with van der Waals surface area (Å²) in [4.78, 5) is 13.3. The molecule has 0 saturated heterocycles. The molecular formula is C26H27NO2Si. The smallest absolute Gasteiger partial charge is 0.418 e. The number of aromatic nitrogens is 1. The third kappa shape index (κ3) is 2.82. The Bertz CT molecular complexity index is 1430. The topological polar surface area (TPSA) is 31.2 Å². The fourth-order valence-electron chi connectivity index (χ4n) is 4.54. The Morgan fingerprint density at radius 2 is 1.47 bits per heavy atom. The van der Waals surface area contributed by atoms with Crippen LogP contribution < -0.4 is 5.32 Å². The van der Waals surface area contributed by atoms with Gasteiger partial charge in [-0.1, -0.05) is 62.1 Å². The van der Waals surface area contributed by atoms with E-state index in [-0.39, 0.29) is 6.09 Å². The van der Waals surface area contributed by atoms with E-state index < -0.39 is 13.7 Å². The molecule has 0 bridgehead atoms. The standard InChI is InChI=1S/C26H27NO2Si/c1-26(2,3)29-25(28)27-21-14-18-11-10-16-8-7-9-17-12-13-19(24(18)23(16)17)20(21)15-22(27)30(4,5)6/h7-15H,1-6H3. The van der Waals surface area contributed by atoms with Crippen molar-refractivity contribution < 1.29 is 9.53 Å². The second-order valence-corrected chi connectivity index (χ2v) is 15.3. The number of hydrogen-bond donors (Lipinski definition) is 0. The maximum Gasteiger partial charge on any atom is 0.418 e. The van der Waals surface area contributed by atoms with Crippen molar-refractivity contribution in [2.24, 2.45) is 0 Å². The summed E-state index contributed by atoms with van der Waals surface area (Å²) in [5.74, 6) is 0. The van der Waals surface area contributed by atoms with Crippen molar-refractivity contribution in [3.8, 4) is 0 Å². The number of benzene rings is 4. The van der Waals surface area contributed by atoms with E-state index in [0.717, 1.165) is 21.6 Å². The molecule has 4 heteroatoms. The lowest BCUT2D eigenvalue weighted by Gasteiger charge is -2.24. The van der Waals surface area contributed by atoms with E-state index in [1.807, 2.05) is 25.3 Å². The van der Waals surface area contributed by atoms with Gasteiger partial charge in [0.15, 0.2) is 0 Å². The van der Waals surface area contributed by atoms with Crippen LogP contribution in [0.4, 0.5) is 4.79 Å². The van der Waals surface area contributed by atoms with E-state index >= 15 is 0 Å². The van der Waals surface area contributed by atoms with Crippen LogP contribution in [-0.4, -0.2) is 24.3 Å². The third-order valence-electron chi connectivity index (χ3n) is 5.77. The molecule has 0 aliphatic carbocycles. The zero-order valence-electron chi connectivity index (χ0n) is 18.5. The largest absolute Gasteiger partial charge is 0.443 e. The van der Waals surface area contributed by atoms with Gasteiger partial charge < -0.3 is 4.74 Å². The fourth-order valence-corrected chi connectivity index (χ4v) is 6.00. The molecule has 0 amide bonds. The molecule has 5 rings (SSSR count). The van der Waals surface area contributed by atoms with Gasteiger partial charge in [0.25, 0.3) is 0 Å². The first kappa shape index (κ1) is 19.1. The lowest BCUT2D eigenvalue weighted by Crippen LogP contribution is -2.45. The lowest BCUT2D eigenvalue weighted by molar-refractivity contribution is 0.0549. The molecule has 1 aromatic heterocycles. The summed E-state index contributed by atoms with van der Waals surface area (Å²) >= 11 is 0. The summed E-state index contributed by atoms with van der Waals surface area (Å²) < 4.78 is 7.66. The van der Waals surface area contributed by atoms with Gasteiger partial charge in [-0.15, -0.1) is 0 Å². The van der Waals surface area contributed by atoms with Crippen LogP contribution in [0, 0.1) is 0 Å². The van der Waals surface area contributed by atoms with E-state index in [1.165, 1.54) is 26.9 Å². The van der Waals surface area contributed by atoms with Gasteiger partial charge >= 0.3 is 6.09 Å². The van der Waals surface area contributed by atoms with Crippen molar-refractivity contribution in [1.82, 2.24) is 4.57 Å². The van der Waals surface area contributed by atoms with Crippen LogP contribution in [0.1, 0.15) is 20.8 Å². The average molecular weight is 414 g/mol. The number of ether oxygens (including phenoxy) is 1. The minimum absolute atomic E-state index is 0.289. The highest BCUT2D eigenvalue weighted by molar-refractivity contribution is 6.88. The molecule has 1 heterocycles. The first-order valence-electron chi connectivity index (χ1n) is 10.5. The highest BCUT2D eigenvalue weighted by Gasteiger charge is 2.29. The molecule has 3 nitrogen and oxygen atoms in total. The zero-order chi connectivity index (χ0) is 21.4. The molecule has 152 valence electrons. The Morgan fingerprint density at radius 3 is 2.10 bits per heavy atom. The monoisotopic (exact) mass is 413 g/mol. The highest BCUT2D eigenvalue weighted by Crippen LogP contribution is 2.38. The second kappa shape index (κ2) is 6.08. The van der Waals surface area contributed by atoms with Gasteiger partial charge in [0.1, 0.15) is 5.60 Å². The van der Waals surface area contributed by atoms with Crippen molar-refractivity contribution >= 4 is 62.7 Å². The molecule has 0 fully saturated rings. The van der Waals surface area contributed by atoms with E-state index in [0.29, 0.717) is 0 Å². The SMILES string of the molecule is CC(C)(C)OC(=O)n1c([Si](C)(C)C)cc2c3ccc4cccc5ccc(cc21)c3c54. The van der Waals surface area contributed by atoms with Gasteiger partial charge in [-0.3, -0.25) is 4.57 Å². The van der Waals surface area contributed by atoms with E-state index in [9.17, 15) is 4.79 Å². The van der Waals surface area contributed by atoms with Gasteiger partial charge in [0.2, 0.25) is 0 Å². The summed E-state index contributed by atoms with van der Waals surface area (Å²) in [6.07, 6.45) is -0.289. The lowest BCUT2D eigenvalue weighted by atomic mass is 9.93. The summed E-state index contributed by atoms with van der Waals surface area (Å²) in [6, 6.07) is 19.6. The molecule has 0 atom stereocenters. The van der Waals surface area contributed by atoms with E-state index in [2.05, 4.69) is 74.2 Å². The van der Waals surface area contributed by atoms with Gasteiger partial charge in [-0.25, -0.2) is 4.79 Å². The first-order chi connectivity index (χ1) is 14.0. The van der Waals surface area contributed by atoms with E-state index in [1.54, 1.807) is 0 Å². The predicted octanol–water partition coefficient (Wildman–Crippen LogP) is 6.87. The molecular weight excluding hydrogens is 386 g/mol. The number of fused-ring (bicyclic) bond motifs is 2. The summed E-state index contributed by atoms with van der Waals surface area (Å²) in [5.41, 5.74) is 0.396. The van der Waals surface area contributed by atoms with Crippen LogP contribution in [0.5, 0.6) is 0 Å². The van der Waals surface area contributed by atoms with Crippen molar-refractivity contribution in [2.75, 3.05) is 0 Å². The Labute approximate surface area is 177 Å². The molecule has 5 aromatic rings. The van der Waals surface area contributed by atoms with Crippen LogP contribution in [0.2, 0.25) is 19.6 Å². The predicted molar refractivity (Wildman–Crippen MR) is 130 cm³/mol. The number of carbonyl (C=O) groups excluding carboxylic acids is 1. The van der Waals surface area contributed by atoms with Gasteiger partial charge in [0.05, 0.1) is 13.6 Å². The summed E-state index contributed by atoms with van der Waals surface area (Å²) in [5, 5.41) is 9.67. The van der Waals surface area contributed by atoms with Gasteiger partial charge in [0, 0.05) is 10.7 Å². The number of carbonyl (C=O) groups is 1. The maximum atomic E-state index is 13.3. The molecule has 4 aromatic carbocycles. The number of rotatable bonds is 1. The van der Waals surface area contributed by atoms with Gasteiger partial charge in [-0.2, -0.15) is 0 Å². The maximum absolute atomic E-state index is 13.3. The van der Waals surface area contributed by atoms with E-state index in [4.69, 9.17) is 4.74 Å². The third-order valence-corrected chi connectivity index (χ3v) is 7.68. The van der Waals surface area contributed by atoms with Gasteiger partial charge in [-0.05, 0) is 65.2 Å². The Kier molecular flexibility index (Phi) is 3.88. The highest BCUT2D eigenvalue weighted by atomic mass is 28.3. The fraction of sp³-hybridized carbons (Fsp3) is 0.269. The Hall–Kier alpha value is -2.85. The molecule has 0 unspecified atom stereocenters. The molecule has 0 aliphatic rings. The van der Waals surface area contributed by atoms with Crippen LogP contribution in [0.3, 0.4) is 0 Å². The van der Waals surface area contributed by atoms with Crippen molar-refractivity contribution in [2.45, 2.75) is 46.0 Å². The van der Waals surface area contributed by atoms with Crippen molar-refractivity contribution in [3.05, 3.63) is 54.6 Å². The minimum atomic E-state index is -1.81. The first-order valence-corrected chi connectivity index (χ1v) is 14.0. The molecule has 0 N–H and O–H groups in total. The number of hydrogen-bond acceptors (Lipinski definition) is 2. The van der Waals surface area contributed by atoms with Crippen LogP contribution in [0.15, 0.2) is 54.6 Å². The molecule has 0 spiro atoms. The second-order valence-electron chi connectivity index (χ2n) is 10.3. The molecule has 0 saturated carbocycles. The normalized spacial score (nSPS) is 13.1. The number of nitrogens with zero attached hydrogens (tertiary/aromatic N) is 1. The molecule has 0 aliphatic heterocycles. The molecule has 30 heavy (non-hydrogen) atoms. The Morgan fingerprint density at radius 1 is 0.833 bits per heavy atom. The van der Waals surface area contributed by atoms with Crippen LogP contribution in [0.25, 0.3) is 43.2 Å². The molecule has 0 radical (unpaired) electrons. The van der Waals surface area contributed by atoms with Crippen molar-refractivity contribution in [3.63, 3.8) is 0 Å². The van der Waals surface area contributed by atoms with Crippen molar-refractivity contribution in [1.29, 1.82) is 0 Å². The van der Waals surface area contributed by atoms with Crippen LogP contribution >= 0.6 is 0 Å². The van der Waals surface area contributed by atoms with Crippen LogP contribution in [-0.2, 0) is 4.74 Å². The quantitative estimate of drug-likeness (QED) is 0.222.